The first-order valence-electron chi connectivity index (χ1n) is 13.0. The van der Waals surface area contributed by atoms with Gasteiger partial charge in [0, 0.05) is 40.5 Å². The number of fused-ring (bicyclic) bond motifs is 1. The van der Waals surface area contributed by atoms with Gasteiger partial charge in [0.25, 0.3) is 0 Å². The van der Waals surface area contributed by atoms with Gasteiger partial charge in [0.05, 0.1) is 34.9 Å². The number of rotatable bonds is 9. The third kappa shape index (κ3) is 6.37. The first-order valence-corrected chi connectivity index (χ1v) is 15.0. The van der Waals surface area contributed by atoms with E-state index in [1.54, 1.807) is 37.1 Å². The maximum Gasteiger partial charge on any atom is 0.406 e. The Kier molecular flexibility index (Phi) is 8.53. The standard InChI is InChI=1S/C29H32F4N4OS2/c1-36-12-11-23(21(30)16-36)35-22-5-4-6-25-20(22)14-26(37(25)17-29(31,32)33)28-10-8-19(40-28)15-34-24-9-7-18(39-3)13-27(24)38-2/h4-10,13-14,21,23,34-35H,11-12,15-17H2,1-3H3. The summed E-state index contributed by atoms with van der Waals surface area (Å²) in [4.78, 5) is 4.74. The SMILES string of the molecule is COc1cc(SC)ccc1NCc1ccc(-c2cc3c(NC4CCN(C)CC4F)cccc3n2CC(F)(F)F)s1. The predicted octanol–water partition coefficient (Wildman–Crippen LogP) is 7.73. The minimum absolute atomic E-state index is 0.327. The Morgan fingerprint density at radius 1 is 1.10 bits per heavy atom. The summed E-state index contributed by atoms with van der Waals surface area (Å²) in [5, 5.41) is 7.33. The van der Waals surface area contributed by atoms with Gasteiger partial charge in [-0.25, -0.2) is 4.39 Å². The summed E-state index contributed by atoms with van der Waals surface area (Å²) < 4.78 is 62.8. The molecule has 1 saturated heterocycles. The minimum Gasteiger partial charge on any atom is -0.495 e. The number of hydrogen-bond donors (Lipinski definition) is 2. The summed E-state index contributed by atoms with van der Waals surface area (Å²) in [6.07, 6.45) is -2.84. The molecule has 5 nitrogen and oxygen atoms in total. The molecule has 0 saturated carbocycles. The number of anilines is 2. The maximum atomic E-state index is 14.8. The Morgan fingerprint density at radius 2 is 1.93 bits per heavy atom. The lowest BCUT2D eigenvalue weighted by atomic mass is 10.0. The van der Waals surface area contributed by atoms with Crippen LogP contribution in [0.15, 0.2) is 59.5 Å². The number of aromatic nitrogens is 1. The number of halogens is 4. The van der Waals surface area contributed by atoms with Gasteiger partial charge in [0.2, 0.25) is 0 Å². The van der Waals surface area contributed by atoms with Crippen molar-refractivity contribution < 1.29 is 22.3 Å². The van der Waals surface area contributed by atoms with E-state index in [0.717, 1.165) is 32.6 Å². The molecular weight excluding hydrogens is 560 g/mol. The lowest BCUT2D eigenvalue weighted by Crippen LogP contribution is -2.46. The highest BCUT2D eigenvalue weighted by molar-refractivity contribution is 7.98. The fraction of sp³-hybridized carbons (Fsp3) is 0.379. The van der Waals surface area contributed by atoms with Crippen LogP contribution in [0.4, 0.5) is 28.9 Å². The molecule has 4 aromatic rings. The number of methoxy groups -OCH3 is 1. The van der Waals surface area contributed by atoms with Crippen LogP contribution in [0.5, 0.6) is 5.75 Å². The van der Waals surface area contributed by atoms with Crippen molar-refractivity contribution in [3.63, 3.8) is 0 Å². The van der Waals surface area contributed by atoms with Crippen molar-refractivity contribution >= 4 is 45.4 Å². The van der Waals surface area contributed by atoms with Crippen molar-refractivity contribution in [3.05, 3.63) is 59.5 Å². The van der Waals surface area contributed by atoms with E-state index in [1.807, 2.05) is 54.6 Å². The average molecular weight is 593 g/mol. The average Bonchev–Trinajstić information content (AvgIpc) is 3.53. The van der Waals surface area contributed by atoms with Crippen LogP contribution in [-0.4, -0.2) is 61.4 Å². The number of benzene rings is 2. The number of nitrogens with one attached hydrogen (secondary N) is 2. The molecule has 1 fully saturated rings. The largest absolute Gasteiger partial charge is 0.495 e. The monoisotopic (exact) mass is 592 g/mol. The molecule has 0 radical (unpaired) electrons. The van der Waals surface area contributed by atoms with Gasteiger partial charge in [-0.1, -0.05) is 6.07 Å². The quantitative estimate of drug-likeness (QED) is 0.154. The summed E-state index contributed by atoms with van der Waals surface area (Å²) in [5.41, 5.74) is 2.44. The van der Waals surface area contributed by atoms with E-state index in [2.05, 4.69) is 10.6 Å². The fourth-order valence-electron chi connectivity index (χ4n) is 5.12. The number of thiophene rings is 1. The molecule has 0 spiro atoms. The molecule has 5 rings (SSSR count). The Bertz CT molecular complexity index is 1470. The highest BCUT2D eigenvalue weighted by Gasteiger charge is 2.31. The topological polar surface area (TPSA) is 41.5 Å². The van der Waals surface area contributed by atoms with Gasteiger partial charge < -0.3 is 24.8 Å². The van der Waals surface area contributed by atoms with Crippen molar-refractivity contribution in [2.75, 3.05) is 44.1 Å². The van der Waals surface area contributed by atoms with E-state index in [4.69, 9.17) is 4.74 Å². The fourth-order valence-corrected chi connectivity index (χ4v) is 6.52. The highest BCUT2D eigenvalue weighted by Crippen LogP contribution is 2.39. The second-order valence-electron chi connectivity index (χ2n) is 9.97. The van der Waals surface area contributed by atoms with Crippen LogP contribution in [0.3, 0.4) is 0 Å². The van der Waals surface area contributed by atoms with Crippen molar-refractivity contribution in [2.24, 2.45) is 0 Å². The number of thioether (sulfide) groups is 1. The molecule has 3 heterocycles. The molecule has 2 atom stereocenters. The van der Waals surface area contributed by atoms with Crippen LogP contribution >= 0.6 is 23.1 Å². The van der Waals surface area contributed by atoms with E-state index in [0.29, 0.717) is 41.8 Å². The zero-order valence-corrected chi connectivity index (χ0v) is 24.2. The molecule has 1 aliphatic rings. The van der Waals surface area contributed by atoms with Gasteiger partial charge >= 0.3 is 6.18 Å². The smallest absolute Gasteiger partial charge is 0.406 e. The Labute approximate surface area is 239 Å². The van der Waals surface area contributed by atoms with Gasteiger partial charge in [0.15, 0.2) is 0 Å². The summed E-state index contributed by atoms with van der Waals surface area (Å²) in [6, 6.07) is 16.3. The van der Waals surface area contributed by atoms with E-state index < -0.39 is 24.9 Å². The summed E-state index contributed by atoms with van der Waals surface area (Å²) in [7, 11) is 3.51. The van der Waals surface area contributed by atoms with E-state index >= 15 is 0 Å². The summed E-state index contributed by atoms with van der Waals surface area (Å²) in [5.74, 6) is 0.731. The van der Waals surface area contributed by atoms with Crippen LogP contribution in [0.1, 0.15) is 11.3 Å². The Hall–Kier alpha value is -2.89. The normalized spacial score (nSPS) is 18.3. The minimum atomic E-state index is -4.40. The molecule has 214 valence electrons. The molecule has 0 bridgehead atoms. The molecule has 2 N–H and O–H groups in total. The Morgan fingerprint density at radius 3 is 2.65 bits per heavy atom. The molecule has 11 heteroatoms. The Balaban J connectivity index is 1.44. The molecule has 1 aliphatic heterocycles. The number of piperidine rings is 1. The van der Waals surface area contributed by atoms with Crippen LogP contribution in [0.2, 0.25) is 0 Å². The third-order valence-corrected chi connectivity index (χ3v) is 8.98. The van der Waals surface area contributed by atoms with Crippen molar-refractivity contribution in [3.8, 4) is 16.3 Å². The summed E-state index contributed by atoms with van der Waals surface area (Å²) in [6.45, 7) is 0.473. The number of likely N-dealkylation sites (tertiary alicyclic amines) is 1. The molecule has 2 unspecified atom stereocenters. The van der Waals surface area contributed by atoms with Gasteiger partial charge in [0.1, 0.15) is 18.5 Å². The number of alkyl halides is 4. The van der Waals surface area contributed by atoms with E-state index in [9.17, 15) is 17.6 Å². The second kappa shape index (κ2) is 11.9. The lowest BCUT2D eigenvalue weighted by molar-refractivity contribution is -0.139. The van der Waals surface area contributed by atoms with Gasteiger partial charge in [-0.2, -0.15) is 13.2 Å². The third-order valence-electron chi connectivity index (χ3n) is 7.14. The van der Waals surface area contributed by atoms with Crippen LogP contribution in [0, 0.1) is 0 Å². The van der Waals surface area contributed by atoms with Crippen molar-refractivity contribution in [1.82, 2.24) is 9.47 Å². The van der Waals surface area contributed by atoms with Crippen LogP contribution in [0.25, 0.3) is 21.5 Å². The predicted molar refractivity (Wildman–Crippen MR) is 158 cm³/mol. The van der Waals surface area contributed by atoms with Crippen LogP contribution < -0.4 is 15.4 Å². The van der Waals surface area contributed by atoms with E-state index in [-0.39, 0.29) is 0 Å². The zero-order valence-electron chi connectivity index (χ0n) is 22.5. The van der Waals surface area contributed by atoms with Crippen molar-refractivity contribution in [1.29, 1.82) is 0 Å². The molecule has 2 aromatic carbocycles. The summed E-state index contributed by atoms with van der Waals surface area (Å²) >= 11 is 3.07. The van der Waals surface area contributed by atoms with Gasteiger partial charge in [-0.3, -0.25) is 0 Å². The number of ether oxygens (including phenoxy) is 1. The number of nitrogens with zero attached hydrogens (tertiary/aromatic N) is 2. The van der Waals surface area contributed by atoms with Gasteiger partial charge in [-0.05, 0) is 68.3 Å². The highest BCUT2D eigenvalue weighted by atomic mass is 32.2. The molecule has 2 aromatic heterocycles. The molecule has 40 heavy (non-hydrogen) atoms. The second-order valence-corrected chi connectivity index (χ2v) is 12.0. The van der Waals surface area contributed by atoms with E-state index in [1.165, 1.54) is 15.9 Å². The molecule has 0 aliphatic carbocycles. The first kappa shape index (κ1) is 28.6. The van der Waals surface area contributed by atoms with Crippen molar-refractivity contribution in [2.45, 2.75) is 42.8 Å². The molecule has 0 amide bonds. The molecular formula is C29H32F4N4OS2. The zero-order chi connectivity index (χ0) is 28.4. The number of hydrogen-bond acceptors (Lipinski definition) is 6. The van der Waals surface area contributed by atoms with Gasteiger partial charge in [-0.15, -0.1) is 23.1 Å². The lowest BCUT2D eigenvalue weighted by Gasteiger charge is -2.33. The maximum absolute atomic E-state index is 14.8. The van der Waals surface area contributed by atoms with Crippen LogP contribution in [-0.2, 0) is 13.1 Å². The first-order chi connectivity index (χ1) is 19.1.